The van der Waals surface area contributed by atoms with E-state index in [4.69, 9.17) is 0 Å². The van der Waals surface area contributed by atoms with E-state index in [2.05, 4.69) is 14.8 Å². The molecule has 1 aromatic heterocycles. The fourth-order valence-corrected chi connectivity index (χ4v) is 4.43. The minimum absolute atomic E-state index is 0.0946. The second kappa shape index (κ2) is 8.35. The van der Waals surface area contributed by atoms with Crippen molar-refractivity contribution >= 4 is 27.5 Å². The van der Waals surface area contributed by atoms with Crippen molar-refractivity contribution in [3.8, 4) is 5.69 Å². The third kappa shape index (κ3) is 4.66. The topological polar surface area (TPSA) is 96.7 Å². The predicted octanol–water partition coefficient (Wildman–Crippen LogP) is 3.25. The lowest BCUT2D eigenvalue weighted by molar-refractivity contribution is 0.102. The molecule has 1 fully saturated rings. The number of anilines is 1. The maximum Gasteiger partial charge on any atom is 0.283 e. The number of rotatable bonds is 5. The van der Waals surface area contributed by atoms with Gasteiger partial charge in [0.15, 0.2) is 0 Å². The van der Waals surface area contributed by atoms with Crippen LogP contribution in [0.5, 0.6) is 0 Å². The van der Waals surface area contributed by atoms with E-state index in [9.17, 15) is 13.2 Å². The minimum atomic E-state index is -3.78. The molecule has 0 saturated carbocycles. The lowest BCUT2D eigenvalue weighted by Gasteiger charge is -2.11. The van der Waals surface area contributed by atoms with Crippen LogP contribution in [0, 0.1) is 6.92 Å². The molecule has 31 heavy (non-hydrogen) atoms. The molecular formula is C22H23N5O3S. The van der Waals surface area contributed by atoms with Crippen molar-refractivity contribution in [1.29, 1.82) is 0 Å². The molecule has 9 heteroatoms. The maximum absolute atomic E-state index is 12.5. The van der Waals surface area contributed by atoms with Gasteiger partial charge in [0.1, 0.15) is 5.84 Å². The van der Waals surface area contributed by atoms with Crippen LogP contribution in [-0.4, -0.2) is 48.4 Å². The lowest BCUT2D eigenvalue weighted by atomic mass is 10.2. The molecule has 0 aliphatic carbocycles. The summed E-state index contributed by atoms with van der Waals surface area (Å²) >= 11 is 0. The first-order chi connectivity index (χ1) is 14.8. The van der Waals surface area contributed by atoms with Gasteiger partial charge >= 0.3 is 0 Å². The Hall–Kier alpha value is -3.46. The van der Waals surface area contributed by atoms with Gasteiger partial charge in [0.2, 0.25) is 0 Å². The van der Waals surface area contributed by atoms with Gasteiger partial charge in [-0.3, -0.25) is 4.79 Å². The SMILES string of the molecule is Cc1cnn(-c2ccc(C(=O)Nc3ccc(S(=O)(=O)N=C4CCCN4C)cc3)cc2)c1. The van der Waals surface area contributed by atoms with Gasteiger partial charge in [-0.15, -0.1) is 4.40 Å². The van der Waals surface area contributed by atoms with Crippen molar-refractivity contribution in [3.05, 3.63) is 72.1 Å². The van der Waals surface area contributed by atoms with Gasteiger partial charge < -0.3 is 10.2 Å². The average molecular weight is 438 g/mol. The van der Waals surface area contributed by atoms with Crippen LogP contribution in [0.1, 0.15) is 28.8 Å². The van der Waals surface area contributed by atoms with Gasteiger partial charge in [0.05, 0.1) is 16.8 Å². The van der Waals surface area contributed by atoms with Gasteiger partial charge in [-0.05, 0) is 67.4 Å². The molecule has 0 bridgehead atoms. The number of hydrogen-bond acceptors (Lipinski definition) is 4. The zero-order valence-corrected chi connectivity index (χ0v) is 18.1. The van der Waals surface area contributed by atoms with Gasteiger partial charge in [-0.1, -0.05) is 0 Å². The Morgan fingerprint density at radius 3 is 2.39 bits per heavy atom. The number of sulfonamides is 1. The number of amidine groups is 1. The molecule has 1 amide bonds. The summed E-state index contributed by atoms with van der Waals surface area (Å²) in [5.74, 6) is 0.290. The van der Waals surface area contributed by atoms with Gasteiger partial charge in [-0.25, -0.2) is 4.68 Å². The fraction of sp³-hybridized carbons (Fsp3) is 0.227. The number of aromatic nitrogens is 2. The van der Waals surface area contributed by atoms with Crippen LogP contribution >= 0.6 is 0 Å². The number of carbonyl (C=O) groups excluding carboxylic acids is 1. The highest BCUT2D eigenvalue weighted by Crippen LogP contribution is 2.20. The van der Waals surface area contributed by atoms with E-state index in [1.807, 2.05) is 37.2 Å². The summed E-state index contributed by atoms with van der Waals surface area (Å²) < 4.78 is 30.8. The Morgan fingerprint density at radius 1 is 1.10 bits per heavy atom. The molecule has 0 atom stereocenters. The Balaban J connectivity index is 1.44. The summed E-state index contributed by atoms with van der Waals surface area (Å²) in [6.07, 6.45) is 5.23. The third-order valence-electron chi connectivity index (χ3n) is 5.08. The first-order valence-corrected chi connectivity index (χ1v) is 11.3. The van der Waals surface area contributed by atoms with Crippen molar-refractivity contribution in [2.45, 2.75) is 24.7 Å². The van der Waals surface area contributed by atoms with Crippen molar-refractivity contribution in [2.24, 2.45) is 4.40 Å². The fourth-order valence-electron chi connectivity index (χ4n) is 3.33. The highest BCUT2D eigenvalue weighted by atomic mass is 32.2. The second-order valence-electron chi connectivity index (χ2n) is 7.50. The molecule has 2 heterocycles. The van der Waals surface area contributed by atoms with E-state index in [1.165, 1.54) is 12.1 Å². The standard InChI is InChI=1S/C22H23N5O3S/c1-16-14-23-27(15-16)19-9-5-17(6-10-19)22(28)24-18-7-11-20(12-8-18)31(29,30)25-21-4-3-13-26(21)2/h5-12,14-15H,3-4,13H2,1-2H3,(H,24,28). The number of aryl methyl sites for hydroxylation is 1. The molecule has 0 spiro atoms. The Kier molecular flexibility index (Phi) is 5.60. The van der Waals surface area contributed by atoms with Crippen molar-refractivity contribution in [1.82, 2.24) is 14.7 Å². The number of nitrogens with one attached hydrogen (secondary N) is 1. The number of hydrogen-bond donors (Lipinski definition) is 1. The Bertz CT molecular complexity index is 1230. The molecule has 0 unspecified atom stereocenters. The molecule has 1 N–H and O–H groups in total. The predicted molar refractivity (Wildman–Crippen MR) is 119 cm³/mol. The Morgan fingerprint density at radius 2 is 1.81 bits per heavy atom. The first kappa shape index (κ1) is 20.8. The number of benzene rings is 2. The summed E-state index contributed by atoms with van der Waals surface area (Å²) in [6.45, 7) is 2.77. The quantitative estimate of drug-likeness (QED) is 0.661. The molecule has 8 nitrogen and oxygen atoms in total. The van der Waals surface area contributed by atoms with Crippen LogP contribution < -0.4 is 5.32 Å². The molecular weight excluding hydrogens is 414 g/mol. The van der Waals surface area contributed by atoms with Crippen LogP contribution in [0.4, 0.5) is 5.69 Å². The molecule has 1 saturated heterocycles. The third-order valence-corrected chi connectivity index (χ3v) is 6.39. The summed E-state index contributed by atoms with van der Waals surface area (Å²) in [5.41, 5.74) is 2.89. The van der Waals surface area contributed by atoms with E-state index in [0.717, 1.165) is 24.2 Å². The van der Waals surface area contributed by atoms with Crippen molar-refractivity contribution in [2.75, 3.05) is 18.9 Å². The first-order valence-electron chi connectivity index (χ1n) is 9.90. The summed E-state index contributed by atoms with van der Waals surface area (Å²) in [4.78, 5) is 14.5. The summed E-state index contributed by atoms with van der Waals surface area (Å²) in [5, 5.41) is 7.03. The molecule has 4 rings (SSSR count). The molecule has 1 aliphatic heterocycles. The second-order valence-corrected chi connectivity index (χ2v) is 9.10. The van der Waals surface area contributed by atoms with Crippen LogP contribution in [0.15, 0.2) is 70.2 Å². The summed E-state index contributed by atoms with van der Waals surface area (Å²) in [6, 6.07) is 13.1. The number of carbonyl (C=O) groups is 1. The zero-order chi connectivity index (χ0) is 22.0. The van der Waals surface area contributed by atoms with E-state index < -0.39 is 10.0 Å². The van der Waals surface area contributed by atoms with Crippen LogP contribution in [-0.2, 0) is 10.0 Å². The van der Waals surface area contributed by atoms with E-state index >= 15 is 0 Å². The van der Waals surface area contributed by atoms with Crippen LogP contribution in [0.2, 0.25) is 0 Å². The normalized spacial score (nSPS) is 15.4. The molecule has 160 valence electrons. The highest BCUT2D eigenvalue weighted by molar-refractivity contribution is 7.90. The highest BCUT2D eigenvalue weighted by Gasteiger charge is 2.20. The number of likely N-dealkylation sites (tertiary alicyclic amines) is 1. The monoisotopic (exact) mass is 437 g/mol. The van der Waals surface area contributed by atoms with Gasteiger partial charge in [0, 0.05) is 37.5 Å². The van der Waals surface area contributed by atoms with Crippen LogP contribution in [0.25, 0.3) is 5.69 Å². The van der Waals surface area contributed by atoms with Crippen molar-refractivity contribution < 1.29 is 13.2 Å². The van der Waals surface area contributed by atoms with E-state index in [-0.39, 0.29) is 10.8 Å². The van der Waals surface area contributed by atoms with Gasteiger partial charge in [-0.2, -0.15) is 13.5 Å². The van der Waals surface area contributed by atoms with E-state index in [1.54, 1.807) is 35.1 Å². The largest absolute Gasteiger partial charge is 0.362 e. The smallest absolute Gasteiger partial charge is 0.283 e. The molecule has 2 aromatic carbocycles. The van der Waals surface area contributed by atoms with Crippen molar-refractivity contribution in [3.63, 3.8) is 0 Å². The lowest BCUT2D eigenvalue weighted by Crippen LogP contribution is -2.20. The Labute approximate surface area is 181 Å². The minimum Gasteiger partial charge on any atom is -0.362 e. The van der Waals surface area contributed by atoms with Crippen LogP contribution in [0.3, 0.4) is 0 Å². The number of nitrogens with zero attached hydrogens (tertiary/aromatic N) is 4. The van der Waals surface area contributed by atoms with E-state index in [0.29, 0.717) is 23.5 Å². The number of amides is 1. The molecule has 3 aromatic rings. The maximum atomic E-state index is 12.5. The zero-order valence-electron chi connectivity index (χ0n) is 17.3. The molecule has 1 aliphatic rings. The average Bonchev–Trinajstić information content (AvgIpc) is 3.36. The molecule has 0 radical (unpaired) electrons. The van der Waals surface area contributed by atoms with Gasteiger partial charge in [0.25, 0.3) is 15.9 Å². The summed E-state index contributed by atoms with van der Waals surface area (Å²) in [7, 11) is -1.94.